The van der Waals surface area contributed by atoms with Gasteiger partial charge in [-0.15, -0.1) is 13.2 Å². The lowest BCUT2D eigenvalue weighted by atomic mass is 10.4. The second-order valence-electron chi connectivity index (χ2n) is 2.31. The van der Waals surface area contributed by atoms with Crippen LogP contribution in [0.2, 0.25) is 0 Å². The molecule has 1 nitrogen and oxygen atoms in total. The molecule has 0 unspecified atom stereocenters. The predicted molar refractivity (Wildman–Crippen MR) is 87.1 cm³/mol. The first-order valence-electron chi connectivity index (χ1n) is 6.50. The van der Waals surface area contributed by atoms with Crippen LogP contribution in [-0.2, 0) is 4.74 Å². The van der Waals surface area contributed by atoms with Crippen molar-refractivity contribution < 1.29 is 4.74 Å². The lowest BCUT2D eigenvalue weighted by molar-refractivity contribution is 0.234. The zero-order valence-electron chi connectivity index (χ0n) is 13.1. The minimum absolute atomic E-state index is 0.653. The highest BCUT2D eigenvalue weighted by Gasteiger charge is 1.58. The summed E-state index contributed by atoms with van der Waals surface area (Å²) < 4.78 is 4.57. The second kappa shape index (κ2) is 44.9. The van der Waals surface area contributed by atoms with Gasteiger partial charge in [0.25, 0.3) is 0 Å². The number of ether oxygens (including phenoxy) is 1. The van der Waals surface area contributed by atoms with Crippen LogP contribution in [0.3, 0.4) is 0 Å². The topological polar surface area (TPSA) is 9.23 Å². The van der Waals surface area contributed by atoms with Gasteiger partial charge in [0.2, 0.25) is 0 Å². The molecular weight excluding hydrogens is 220 g/mol. The fourth-order valence-electron chi connectivity index (χ4n) is 0.503. The highest BCUT2D eigenvalue weighted by atomic mass is 16.5. The van der Waals surface area contributed by atoms with Crippen molar-refractivity contribution in [3.8, 4) is 0 Å². The molecule has 0 N–H and O–H groups in total. The molecule has 1 aromatic carbocycles. The number of methoxy groups -OCH3 is 1. The maximum absolute atomic E-state index is 4.57. The monoisotopic (exact) mass is 252 g/mol. The minimum atomic E-state index is 0.653. The zero-order chi connectivity index (χ0) is 15.1. The third kappa shape index (κ3) is 61.7. The Labute approximate surface area is 115 Å². The lowest BCUT2D eigenvalue weighted by Gasteiger charge is -1.79. The van der Waals surface area contributed by atoms with E-state index < -0.39 is 0 Å². The average molecular weight is 252 g/mol. The Morgan fingerprint density at radius 1 is 0.833 bits per heavy atom. The van der Waals surface area contributed by atoms with Crippen LogP contribution in [0.4, 0.5) is 0 Å². The largest absolute Gasteiger partial charge is 0.381 e. The Balaban J connectivity index is -0.0000000746. The van der Waals surface area contributed by atoms with Gasteiger partial charge in [0.15, 0.2) is 0 Å². The Morgan fingerprint density at radius 3 is 1.11 bits per heavy atom. The maximum Gasteiger partial charge on any atom is 0.0641 e. The predicted octanol–water partition coefficient (Wildman–Crippen LogP) is 5.75. The molecule has 0 heterocycles. The Kier molecular flexibility index (Phi) is 63.6. The summed E-state index contributed by atoms with van der Waals surface area (Å²) in [5.74, 6) is 0. The molecule has 0 bridgehead atoms. The molecule has 0 saturated carbocycles. The van der Waals surface area contributed by atoms with Crippen molar-refractivity contribution in [3.63, 3.8) is 0 Å². The summed E-state index contributed by atoms with van der Waals surface area (Å²) in [6, 6.07) is 12.0. The molecule has 0 radical (unpaired) electrons. The van der Waals surface area contributed by atoms with Crippen LogP contribution < -0.4 is 0 Å². The number of hydrogen-bond acceptors (Lipinski definition) is 1. The van der Waals surface area contributed by atoms with Crippen molar-refractivity contribution in [2.24, 2.45) is 0 Å². The fraction of sp³-hybridized carbons (Fsp3) is 0.412. The minimum Gasteiger partial charge on any atom is -0.381 e. The lowest BCUT2D eigenvalue weighted by Crippen LogP contribution is -1.76. The van der Waals surface area contributed by atoms with Gasteiger partial charge in [-0.05, 0) is 6.92 Å². The first kappa shape index (κ1) is 25.5. The van der Waals surface area contributed by atoms with Gasteiger partial charge in [0.05, 0.1) is 6.61 Å². The first-order chi connectivity index (χ1) is 8.83. The van der Waals surface area contributed by atoms with Gasteiger partial charge in [0, 0.05) is 7.11 Å². The molecule has 0 fully saturated rings. The third-order valence-electron chi connectivity index (χ3n) is 0.951. The summed E-state index contributed by atoms with van der Waals surface area (Å²) in [5.41, 5.74) is 0. The fourth-order valence-corrected chi connectivity index (χ4v) is 0.503. The van der Waals surface area contributed by atoms with E-state index in [0.29, 0.717) is 6.61 Å². The van der Waals surface area contributed by atoms with E-state index in [1.54, 1.807) is 19.3 Å². The van der Waals surface area contributed by atoms with Gasteiger partial charge in [-0.1, -0.05) is 76.2 Å². The van der Waals surface area contributed by atoms with Gasteiger partial charge in [-0.25, -0.2) is 0 Å². The number of hydrogen-bond donors (Lipinski definition) is 0. The Bertz CT molecular complexity index is 165. The van der Waals surface area contributed by atoms with Crippen molar-refractivity contribution in [2.75, 3.05) is 13.7 Å². The molecule has 18 heavy (non-hydrogen) atoms. The molecule has 0 aliphatic rings. The van der Waals surface area contributed by atoms with Gasteiger partial charge >= 0.3 is 0 Å². The van der Waals surface area contributed by atoms with Crippen molar-refractivity contribution in [3.05, 3.63) is 61.7 Å². The standard InChI is InChI=1S/C6H6.C4H8O.C3H6.2C2H6/c1-2-4-6-5-3-1;1-3-4-5-2;1-3-2;2*1-2/h1-6H;3H,1,4H2,2H3;3H,1H2,2H3;2*1-2H3. The van der Waals surface area contributed by atoms with Gasteiger partial charge in [0.1, 0.15) is 0 Å². The third-order valence-corrected chi connectivity index (χ3v) is 0.951. The molecule has 0 aliphatic carbocycles. The molecule has 106 valence electrons. The molecule has 1 heteroatoms. The summed E-state index contributed by atoms with van der Waals surface area (Å²) in [6.07, 6.45) is 3.46. The number of benzene rings is 1. The molecule has 0 saturated heterocycles. The van der Waals surface area contributed by atoms with Crippen LogP contribution >= 0.6 is 0 Å². The van der Waals surface area contributed by atoms with Crippen LogP contribution in [0.1, 0.15) is 34.6 Å². The summed E-state index contributed by atoms with van der Waals surface area (Å²) in [7, 11) is 1.64. The molecule has 0 aliphatic heterocycles. The van der Waals surface area contributed by atoms with Crippen LogP contribution in [0.15, 0.2) is 61.7 Å². The van der Waals surface area contributed by atoms with Crippen molar-refractivity contribution in [1.29, 1.82) is 0 Å². The molecule has 0 spiro atoms. The van der Waals surface area contributed by atoms with Gasteiger partial charge in [-0.3, -0.25) is 0 Å². The quantitative estimate of drug-likeness (QED) is 0.609. The normalized spacial score (nSPS) is 6.11. The highest BCUT2D eigenvalue weighted by Crippen LogP contribution is 1.79. The summed E-state index contributed by atoms with van der Waals surface area (Å²) in [4.78, 5) is 0. The highest BCUT2D eigenvalue weighted by molar-refractivity contribution is 4.99. The maximum atomic E-state index is 4.57. The smallest absolute Gasteiger partial charge is 0.0641 e. The SMILES string of the molecule is C=CC.C=CCOC.CC.CC.c1ccccc1. The van der Waals surface area contributed by atoms with Crippen LogP contribution in [0.5, 0.6) is 0 Å². The second-order valence-corrected chi connectivity index (χ2v) is 2.31. The summed E-state index contributed by atoms with van der Waals surface area (Å²) in [5, 5.41) is 0. The van der Waals surface area contributed by atoms with Crippen LogP contribution in [-0.4, -0.2) is 13.7 Å². The molecule has 0 atom stereocenters. The van der Waals surface area contributed by atoms with Gasteiger partial charge in [-0.2, -0.15) is 0 Å². The van der Waals surface area contributed by atoms with Gasteiger partial charge < -0.3 is 4.74 Å². The Hall–Kier alpha value is -1.34. The van der Waals surface area contributed by atoms with E-state index in [0.717, 1.165) is 0 Å². The van der Waals surface area contributed by atoms with Crippen LogP contribution in [0, 0.1) is 0 Å². The van der Waals surface area contributed by atoms with E-state index in [-0.39, 0.29) is 0 Å². The summed E-state index contributed by atoms with van der Waals surface area (Å²) >= 11 is 0. The Morgan fingerprint density at radius 2 is 1.06 bits per heavy atom. The average Bonchev–Trinajstić information content (AvgIpc) is 2.47. The van der Waals surface area contributed by atoms with E-state index in [2.05, 4.69) is 17.9 Å². The first-order valence-corrected chi connectivity index (χ1v) is 6.50. The van der Waals surface area contributed by atoms with Crippen molar-refractivity contribution >= 4 is 0 Å². The molecule has 1 aromatic rings. The van der Waals surface area contributed by atoms with E-state index >= 15 is 0 Å². The molecule has 1 rings (SSSR count). The van der Waals surface area contributed by atoms with E-state index in [9.17, 15) is 0 Å². The van der Waals surface area contributed by atoms with Crippen molar-refractivity contribution in [1.82, 2.24) is 0 Å². The van der Waals surface area contributed by atoms with Crippen LogP contribution in [0.25, 0.3) is 0 Å². The van der Waals surface area contributed by atoms with E-state index in [1.165, 1.54) is 0 Å². The van der Waals surface area contributed by atoms with E-state index in [1.807, 2.05) is 71.0 Å². The number of rotatable bonds is 2. The zero-order valence-corrected chi connectivity index (χ0v) is 13.1. The molecule has 0 amide bonds. The van der Waals surface area contributed by atoms with E-state index in [4.69, 9.17) is 0 Å². The number of allylic oxidation sites excluding steroid dienone is 1. The molecule has 0 aromatic heterocycles. The molecular formula is C17H32O. The van der Waals surface area contributed by atoms with Crippen molar-refractivity contribution in [2.45, 2.75) is 34.6 Å². The summed E-state index contributed by atoms with van der Waals surface area (Å²) in [6.45, 7) is 17.3.